The molecule has 2 nitrogen and oxygen atoms in total. The lowest BCUT2D eigenvalue weighted by Gasteiger charge is -2.26. The van der Waals surface area contributed by atoms with Gasteiger partial charge in [-0.25, -0.2) is 0 Å². The fourth-order valence-corrected chi connectivity index (χ4v) is 2.35. The van der Waals surface area contributed by atoms with Crippen LogP contribution in [0.3, 0.4) is 0 Å². The van der Waals surface area contributed by atoms with Gasteiger partial charge in [0.05, 0.1) is 12.3 Å². The maximum Gasteiger partial charge on any atom is 0.124 e. The summed E-state index contributed by atoms with van der Waals surface area (Å²) in [5, 5.41) is 0. The molecule has 2 N–H and O–H groups in total. The minimum absolute atomic E-state index is 0.152. The maximum atomic E-state index is 6.14. The molecule has 1 aromatic carbocycles. The number of nitrogens with two attached hydrogens (primary N) is 1. The van der Waals surface area contributed by atoms with Gasteiger partial charge in [-0.3, -0.25) is 0 Å². The predicted molar refractivity (Wildman–Crippen MR) is 67.8 cm³/mol. The zero-order valence-corrected chi connectivity index (χ0v) is 9.80. The van der Waals surface area contributed by atoms with Gasteiger partial charge < -0.3 is 10.2 Å². The summed E-state index contributed by atoms with van der Waals surface area (Å²) in [6.07, 6.45) is 5.71. The van der Waals surface area contributed by atoms with E-state index in [0.29, 0.717) is 0 Å². The molecular weight excluding hydrogens is 210 g/mol. The first-order chi connectivity index (χ1) is 8.34. The Morgan fingerprint density at radius 3 is 2.41 bits per heavy atom. The summed E-state index contributed by atoms with van der Waals surface area (Å²) >= 11 is 0. The SMILES string of the molecule is NC(c1ccc(C2CCC2)cc1)c1ccco1. The number of furan rings is 1. The van der Waals surface area contributed by atoms with E-state index in [4.69, 9.17) is 10.2 Å². The number of benzene rings is 1. The van der Waals surface area contributed by atoms with Gasteiger partial charge in [-0.1, -0.05) is 30.7 Å². The Labute approximate surface area is 101 Å². The van der Waals surface area contributed by atoms with Crippen molar-refractivity contribution in [3.05, 3.63) is 59.5 Å². The van der Waals surface area contributed by atoms with Crippen molar-refractivity contribution < 1.29 is 4.42 Å². The summed E-state index contributed by atoms with van der Waals surface area (Å²) in [5.74, 6) is 1.60. The first-order valence-electron chi connectivity index (χ1n) is 6.23. The lowest BCUT2D eigenvalue weighted by Crippen LogP contribution is -2.12. The first kappa shape index (κ1) is 10.6. The Morgan fingerprint density at radius 2 is 1.88 bits per heavy atom. The third-order valence-corrected chi connectivity index (χ3v) is 3.72. The fraction of sp³-hybridized carbons (Fsp3) is 0.333. The summed E-state index contributed by atoms with van der Waals surface area (Å²) in [6, 6.07) is 12.3. The second-order valence-electron chi connectivity index (χ2n) is 4.79. The summed E-state index contributed by atoms with van der Waals surface area (Å²) in [4.78, 5) is 0. The number of hydrogen-bond donors (Lipinski definition) is 1. The normalized spacial score (nSPS) is 17.7. The van der Waals surface area contributed by atoms with Crippen molar-refractivity contribution in [1.29, 1.82) is 0 Å². The van der Waals surface area contributed by atoms with Crippen LogP contribution in [-0.4, -0.2) is 0 Å². The Bertz CT molecular complexity index is 468. The summed E-state index contributed by atoms with van der Waals surface area (Å²) in [6.45, 7) is 0. The highest BCUT2D eigenvalue weighted by Crippen LogP contribution is 2.36. The minimum atomic E-state index is -0.152. The van der Waals surface area contributed by atoms with Gasteiger partial charge in [0.15, 0.2) is 0 Å². The highest BCUT2D eigenvalue weighted by atomic mass is 16.3. The molecular formula is C15H17NO. The third kappa shape index (κ3) is 2.01. The van der Waals surface area contributed by atoms with E-state index >= 15 is 0 Å². The van der Waals surface area contributed by atoms with Crippen molar-refractivity contribution in [1.82, 2.24) is 0 Å². The first-order valence-corrected chi connectivity index (χ1v) is 6.23. The maximum absolute atomic E-state index is 6.14. The Morgan fingerprint density at radius 1 is 1.12 bits per heavy atom. The van der Waals surface area contributed by atoms with Gasteiger partial charge in [0, 0.05) is 0 Å². The number of hydrogen-bond acceptors (Lipinski definition) is 2. The topological polar surface area (TPSA) is 39.2 Å². The molecule has 1 aliphatic rings. The summed E-state index contributed by atoms with van der Waals surface area (Å²) in [5.41, 5.74) is 8.70. The van der Waals surface area contributed by atoms with Crippen LogP contribution in [-0.2, 0) is 0 Å². The second-order valence-corrected chi connectivity index (χ2v) is 4.79. The van der Waals surface area contributed by atoms with Crippen molar-refractivity contribution in [2.24, 2.45) is 5.73 Å². The van der Waals surface area contributed by atoms with Crippen LogP contribution in [0.1, 0.15) is 48.1 Å². The molecule has 0 amide bonds. The summed E-state index contributed by atoms with van der Waals surface area (Å²) < 4.78 is 5.33. The van der Waals surface area contributed by atoms with Gasteiger partial charge >= 0.3 is 0 Å². The van der Waals surface area contributed by atoms with Crippen LogP contribution in [0, 0.1) is 0 Å². The van der Waals surface area contributed by atoms with Crippen LogP contribution < -0.4 is 5.73 Å². The van der Waals surface area contributed by atoms with E-state index in [-0.39, 0.29) is 6.04 Å². The monoisotopic (exact) mass is 227 g/mol. The van der Waals surface area contributed by atoms with Gasteiger partial charge in [0.25, 0.3) is 0 Å². The van der Waals surface area contributed by atoms with Crippen molar-refractivity contribution >= 4 is 0 Å². The highest BCUT2D eigenvalue weighted by molar-refractivity contribution is 5.31. The van der Waals surface area contributed by atoms with E-state index in [1.165, 1.54) is 24.8 Å². The van der Waals surface area contributed by atoms with Gasteiger partial charge in [0.2, 0.25) is 0 Å². The average Bonchev–Trinajstić information content (AvgIpc) is 2.80. The van der Waals surface area contributed by atoms with Crippen LogP contribution in [0.4, 0.5) is 0 Å². The summed E-state index contributed by atoms with van der Waals surface area (Å²) in [7, 11) is 0. The average molecular weight is 227 g/mol. The lowest BCUT2D eigenvalue weighted by molar-refractivity contribution is 0.419. The molecule has 0 saturated heterocycles. The van der Waals surface area contributed by atoms with E-state index in [0.717, 1.165) is 17.2 Å². The molecule has 1 aliphatic carbocycles. The quantitative estimate of drug-likeness (QED) is 0.870. The molecule has 0 aliphatic heterocycles. The molecule has 0 radical (unpaired) electrons. The Balaban J connectivity index is 1.79. The van der Waals surface area contributed by atoms with E-state index in [1.54, 1.807) is 6.26 Å². The molecule has 1 aromatic heterocycles. The van der Waals surface area contributed by atoms with Gasteiger partial charge in [-0.2, -0.15) is 0 Å². The third-order valence-electron chi connectivity index (χ3n) is 3.72. The van der Waals surface area contributed by atoms with E-state index in [9.17, 15) is 0 Å². The molecule has 2 heteroatoms. The highest BCUT2D eigenvalue weighted by Gasteiger charge is 2.19. The van der Waals surface area contributed by atoms with Crippen LogP contribution in [0.5, 0.6) is 0 Å². The Hall–Kier alpha value is -1.54. The van der Waals surface area contributed by atoms with Gasteiger partial charge in [-0.15, -0.1) is 0 Å². The molecule has 0 bridgehead atoms. The van der Waals surface area contributed by atoms with Gasteiger partial charge in [-0.05, 0) is 42.0 Å². The van der Waals surface area contributed by atoms with Crippen molar-refractivity contribution in [2.45, 2.75) is 31.2 Å². The molecule has 17 heavy (non-hydrogen) atoms. The van der Waals surface area contributed by atoms with Crippen molar-refractivity contribution in [3.63, 3.8) is 0 Å². The zero-order chi connectivity index (χ0) is 11.7. The largest absolute Gasteiger partial charge is 0.467 e. The van der Waals surface area contributed by atoms with Crippen molar-refractivity contribution in [3.8, 4) is 0 Å². The van der Waals surface area contributed by atoms with Crippen LogP contribution in [0.15, 0.2) is 47.1 Å². The van der Waals surface area contributed by atoms with Crippen molar-refractivity contribution in [2.75, 3.05) is 0 Å². The molecule has 1 unspecified atom stereocenters. The molecule has 1 saturated carbocycles. The molecule has 1 fully saturated rings. The smallest absolute Gasteiger partial charge is 0.124 e. The number of rotatable bonds is 3. The second kappa shape index (κ2) is 4.38. The van der Waals surface area contributed by atoms with E-state index < -0.39 is 0 Å². The van der Waals surface area contributed by atoms with Crippen LogP contribution >= 0.6 is 0 Å². The van der Waals surface area contributed by atoms with Crippen LogP contribution in [0.25, 0.3) is 0 Å². The fourth-order valence-electron chi connectivity index (χ4n) is 2.35. The standard InChI is InChI=1S/C15H17NO/c16-15(14-5-2-10-17-14)13-8-6-12(7-9-13)11-3-1-4-11/h2,5-11,15H,1,3-4,16H2. The van der Waals surface area contributed by atoms with E-state index in [1.807, 2.05) is 12.1 Å². The van der Waals surface area contributed by atoms with Gasteiger partial charge in [0.1, 0.15) is 5.76 Å². The predicted octanol–water partition coefficient (Wildman–Crippen LogP) is 3.60. The lowest BCUT2D eigenvalue weighted by atomic mass is 9.80. The minimum Gasteiger partial charge on any atom is -0.467 e. The molecule has 1 atom stereocenters. The molecule has 3 rings (SSSR count). The van der Waals surface area contributed by atoms with E-state index in [2.05, 4.69) is 24.3 Å². The molecule has 0 spiro atoms. The molecule has 2 aromatic rings. The van der Waals surface area contributed by atoms with Crippen LogP contribution in [0.2, 0.25) is 0 Å². The molecule has 88 valence electrons. The molecule has 1 heterocycles. The Kier molecular flexibility index (Phi) is 2.73. The zero-order valence-electron chi connectivity index (χ0n) is 9.80.